The molecule has 0 fully saturated rings. The Labute approximate surface area is 106 Å². The Morgan fingerprint density at radius 2 is 1.46 bits per heavy atom. The van der Waals surface area contributed by atoms with Gasteiger partial charge in [0.05, 0.1) is 0 Å². The van der Waals surface area contributed by atoms with Crippen molar-refractivity contribution in [3.05, 3.63) is 46.6 Å². The van der Waals surface area contributed by atoms with Crippen LogP contribution in [-0.2, 0) is 21.7 Å². The Morgan fingerprint density at radius 1 is 1.08 bits per heavy atom. The number of hydrogen-bond acceptors (Lipinski definition) is 0. The fourth-order valence-corrected chi connectivity index (χ4v) is 0.340. The van der Waals surface area contributed by atoms with Gasteiger partial charge in [-0.3, -0.25) is 6.08 Å². The maximum atomic E-state index is 2.99. The van der Waals surface area contributed by atoms with Gasteiger partial charge in [-0.15, -0.1) is 6.42 Å². The van der Waals surface area contributed by atoms with Crippen molar-refractivity contribution in [1.82, 2.24) is 0 Å². The Bertz CT molecular complexity index is 93.9. The molecular weight excluding hydrogens is 253 g/mol. The van der Waals surface area contributed by atoms with E-state index in [1.165, 1.54) is 0 Å². The third-order valence-corrected chi connectivity index (χ3v) is 0.586. The van der Waals surface area contributed by atoms with Crippen LogP contribution in [-0.4, -0.2) is 14.3 Å². The van der Waals surface area contributed by atoms with Crippen LogP contribution in [0.25, 0.3) is 0 Å². The summed E-state index contributed by atoms with van der Waals surface area (Å²) in [6, 6.07) is 0. The zero-order valence-electron chi connectivity index (χ0n) is 9.94. The first-order chi connectivity index (χ1) is 4.23. The molecule has 0 unspecified atom stereocenters. The molecule has 1 rings (SSSR count). The molecule has 0 atom stereocenters. The first kappa shape index (κ1) is 29.2. The van der Waals surface area contributed by atoms with E-state index in [0.717, 1.165) is 6.42 Å². The van der Waals surface area contributed by atoms with Crippen LogP contribution in [0.15, 0.2) is 18.2 Å². The zero-order chi connectivity index (χ0) is 7.11. The van der Waals surface area contributed by atoms with Gasteiger partial charge in [0.15, 0.2) is 0 Å². The molecule has 0 bridgehead atoms. The van der Waals surface area contributed by atoms with Gasteiger partial charge in [0, 0.05) is 0 Å². The summed E-state index contributed by atoms with van der Waals surface area (Å²) in [6.07, 6.45) is 10.0. The fourth-order valence-electron chi connectivity index (χ4n) is 0.340. The van der Waals surface area contributed by atoms with E-state index in [0.29, 0.717) is 0 Å². The zero-order valence-corrected chi connectivity index (χ0v) is 13.6. The Kier molecular flexibility index (Phi) is 51.6. The second-order valence-electron chi connectivity index (χ2n) is 2.50. The number of allylic oxidation sites excluding steroid dienone is 4. The molecule has 0 aromatic heterocycles. The average Bonchev–Trinajstić information content (AvgIpc) is 2.11. The molecule has 0 heterocycles. The molecule has 0 aliphatic heterocycles. The van der Waals surface area contributed by atoms with Crippen molar-refractivity contribution in [2.24, 2.45) is 0 Å². The Morgan fingerprint density at radius 3 is 1.54 bits per heavy atom. The normalized spacial score (nSPS) is 9.54. The number of hydrogen-bond donors (Lipinski definition) is 0. The third-order valence-electron chi connectivity index (χ3n) is 0.586. The molecule has 0 saturated carbocycles. The minimum Gasteiger partial charge on any atom is 4.00 e. The summed E-state index contributed by atoms with van der Waals surface area (Å²) in [5, 5.41) is 0. The minimum atomic E-state index is -0.333. The molecule has 2 heteroatoms. The van der Waals surface area contributed by atoms with Crippen LogP contribution in [0.5, 0.6) is 0 Å². The molecule has 1 radical (unpaired) electrons. The van der Waals surface area contributed by atoms with Crippen LogP contribution in [0, 0.1) is 28.4 Å². The van der Waals surface area contributed by atoms with Gasteiger partial charge in [0.2, 0.25) is 0 Å². The molecule has 0 N–H and O–H groups in total. The summed E-state index contributed by atoms with van der Waals surface area (Å²) in [5.41, 5.74) is 0. The molecule has 1 aliphatic rings. The average molecular weight is 276 g/mol. The van der Waals surface area contributed by atoms with Crippen LogP contribution in [0.1, 0.15) is 6.42 Å². The van der Waals surface area contributed by atoms with E-state index in [9.17, 15) is 0 Å². The predicted molar refractivity (Wildman–Crippen MR) is 64.2 cm³/mol. The van der Waals surface area contributed by atoms with Crippen LogP contribution >= 0.6 is 0 Å². The summed E-state index contributed by atoms with van der Waals surface area (Å²) < 4.78 is 0. The maximum absolute atomic E-state index is 2.99. The topological polar surface area (TPSA) is 0 Å². The second-order valence-corrected chi connectivity index (χ2v) is 8.80. The first-order valence-corrected chi connectivity index (χ1v) is 9.51. The smallest absolute Gasteiger partial charge is 4.00 e. The summed E-state index contributed by atoms with van der Waals surface area (Å²) in [7, 11) is 0. The molecule has 0 nitrogen and oxygen atoms in total. The molecule has 0 aromatic rings. The molecule has 0 amide bonds. The standard InChI is InChI=1S/C5H5.C3H9Ge.3CH3.Ti/c1-2-4-5-3-1;1-4(2)3;;;;/h1-3H,4H2;1-3H3;3*1H3;/q-1;;3*-1;+4. The third kappa shape index (κ3) is 44.6. The van der Waals surface area contributed by atoms with Gasteiger partial charge < -0.3 is 22.3 Å². The summed E-state index contributed by atoms with van der Waals surface area (Å²) in [5.74, 6) is 7.00. The van der Waals surface area contributed by atoms with Gasteiger partial charge in [0.1, 0.15) is 0 Å². The molecule has 0 aromatic carbocycles. The van der Waals surface area contributed by atoms with Crippen molar-refractivity contribution >= 4 is 14.3 Å². The van der Waals surface area contributed by atoms with E-state index in [1.807, 2.05) is 12.2 Å². The predicted octanol–water partition coefficient (Wildman–Crippen LogP) is 4.02. The van der Waals surface area contributed by atoms with Crippen LogP contribution < -0.4 is 0 Å². The molecule has 1 aliphatic carbocycles. The quantitative estimate of drug-likeness (QED) is 0.463. The molecule has 0 saturated heterocycles. The van der Waals surface area contributed by atoms with E-state index in [1.54, 1.807) is 0 Å². The van der Waals surface area contributed by atoms with Crippen LogP contribution in [0.4, 0.5) is 0 Å². The van der Waals surface area contributed by atoms with Crippen LogP contribution in [0.3, 0.4) is 0 Å². The van der Waals surface area contributed by atoms with E-state index in [4.69, 9.17) is 0 Å². The van der Waals surface area contributed by atoms with Crippen molar-refractivity contribution in [1.29, 1.82) is 0 Å². The van der Waals surface area contributed by atoms with Gasteiger partial charge in [-0.25, -0.2) is 12.2 Å². The maximum Gasteiger partial charge on any atom is 4.00 e. The van der Waals surface area contributed by atoms with Gasteiger partial charge in [0.25, 0.3) is 0 Å². The minimum absolute atomic E-state index is 0. The van der Waals surface area contributed by atoms with Gasteiger partial charge in [-0.2, -0.15) is 6.08 Å². The van der Waals surface area contributed by atoms with E-state index >= 15 is 0 Å². The van der Waals surface area contributed by atoms with E-state index in [-0.39, 0.29) is 58.3 Å². The van der Waals surface area contributed by atoms with Crippen molar-refractivity contribution in [3.8, 4) is 0 Å². The fraction of sp³-hybridized carbons (Fsp3) is 0.364. The number of rotatable bonds is 0. The summed E-state index contributed by atoms with van der Waals surface area (Å²) in [6.45, 7) is 0. The molecule has 13 heavy (non-hydrogen) atoms. The Balaban J connectivity index is -0.0000000256. The summed E-state index contributed by atoms with van der Waals surface area (Å²) in [4.78, 5) is 0. The van der Waals surface area contributed by atoms with Crippen molar-refractivity contribution in [3.63, 3.8) is 0 Å². The molecule has 0 spiro atoms. The van der Waals surface area contributed by atoms with Gasteiger partial charge >= 0.3 is 53.3 Å². The largest absolute Gasteiger partial charge is 4.00 e. The SMILES string of the molecule is [C-]1=CC=CC1.[CH3-].[CH3-].[CH3-].[CH3][Ge]([CH3])[CH3].[Ti+4]. The van der Waals surface area contributed by atoms with Gasteiger partial charge in [-0.05, 0) is 0 Å². The van der Waals surface area contributed by atoms with E-state index < -0.39 is 0 Å². The van der Waals surface area contributed by atoms with Crippen molar-refractivity contribution < 1.29 is 21.7 Å². The monoisotopic (exact) mass is 277 g/mol. The van der Waals surface area contributed by atoms with Crippen LogP contribution in [0.2, 0.25) is 17.3 Å². The summed E-state index contributed by atoms with van der Waals surface area (Å²) >= 11 is -0.333. The second kappa shape index (κ2) is 23.0. The molecule has 75 valence electrons. The van der Waals surface area contributed by atoms with Crippen molar-refractivity contribution in [2.45, 2.75) is 23.7 Å². The first-order valence-electron chi connectivity index (χ1n) is 3.22. The van der Waals surface area contributed by atoms with Gasteiger partial charge in [-0.1, -0.05) is 0 Å². The Hall–Kier alpha value is 0.737. The van der Waals surface area contributed by atoms with Crippen molar-refractivity contribution in [2.75, 3.05) is 0 Å². The van der Waals surface area contributed by atoms with E-state index in [2.05, 4.69) is 29.4 Å². The molecular formula is C11H23GeTi.